The molecule has 2 aromatic carbocycles. The predicted molar refractivity (Wildman–Crippen MR) is 118 cm³/mol. The molecule has 0 aromatic heterocycles. The molecule has 3 rings (SSSR count). The molecule has 1 amide bonds. The largest absolute Gasteiger partial charge is 0.374 e. The van der Waals surface area contributed by atoms with Crippen LogP contribution in [0, 0.1) is 19.8 Å². The Hall–Kier alpha value is -2.17. The van der Waals surface area contributed by atoms with Crippen molar-refractivity contribution >= 4 is 5.91 Å². The fourth-order valence-corrected chi connectivity index (χ4v) is 3.79. The highest BCUT2D eigenvalue weighted by Crippen LogP contribution is 2.15. The van der Waals surface area contributed by atoms with Crippen LogP contribution in [0.15, 0.2) is 48.5 Å². The van der Waals surface area contributed by atoms with Gasteiger partial charge in [-0.15, -0.1) is 0 Å². The first kappa shape index (κ1) is 21.5. The number of ether oxygens (including phenoxy) is 1. The number of benzene rings is 2. The number of nitrogens with zero attached hydrogens (tertiary/aromatic N) is 2. The van der Waals surface area contributed by atoms with Crippen molar-refractivity contribution in [3.8, 4) is 0 Å². The van der Waals surface area contributed by atoms with E-state index in [1.807, 2.05) is 36.1 Å². The smallest absolute Gasteiger partial charge is 0.253 e. The number of hydrogen-bond acceptors (Lipinski definition) is 3. The third-order valence-electron chi connectivity index (χ3n) is 5.34. The summed E-state index contributed by atoms with van der Waals surface area (Å²) in [6, 6.07) is 16.6. The molecule has 4 nitrogen and oxygen atoms in total. The van der Waals surface area contributed by atoms with Gasteiger partial charge in [0, 0.05) is 38.3 Å². The molecule has 0 unspecified atom stereocenters. The second-order valence-corrected chi connectivity index (χ2v) is 8.68. The lowest BCUT2D eigenvalue weighted by atomic mass is 10.1. The van der Waals surface area contributed by atoms with E-state index in [2.05, 4.69) is 49.9 Å². The molecule has 0 saturated carbocycles. The molecule has 1 saturated heterocycles. The molecule has 0 N–H and O–H groups in total. The molecule has 1 aliphatic heterocycles. The van der Waals surface area contributed by atoms with E-state index in [1.165, 1.54) is 16.7 Å². The summed E-state index contributed by atoms with van der Waals surface area (Å²) in [6.45, 7) is 13.3. The lowest BCUT2D eigenvalue weighted by Gasteiger charge is -2.36. The lowest BCUT2D eigenvalue weighted by molar-refractivity contribution is -0.0438. The van der Waals surface area contributed by atoms with E-state index in [4.69, 9.17) is 4.74 Å². The Kier molecular flexibility index (Phi) is 7.45. The topological polar surface area (TPSA) is 32.8 Å². The monoisotopic (exact) mass is 394 g/mol. The fourth-order valence-electron chi connectivity index (χ4n) is 3.79. The molecular weight excluding hydrogens is 360 g/mol. The van der Waals surface area contributed by atoms with Crippen LogP contribution in [-0.2, 0) is 11.3 Å². The van der Waals surface area contributed by atoms with E-state index < -0.39 is 0 Å². The van der Waals surface area contributed by atoms with Gasteiger partial charge in [0.2, 0.25) is 0 Å². The third kappa shape index (κ3) is 6.41. The van der Waals surface area contributed by atoms with E-state index in [0.717, 1.165) is 31.7 Å². The van der Waals surface area contributed by atoms with Gasteiger partial charge in [0.1, 0.15) is 0 Å². The Bertz CT molecular complexity index is 783. The maximum absolute atomic E-state index is 13.1. The van der Waals surface area contributed by atoms with E-state index in [1.54, 1.807) is 0 Å². The predicted octanol–water partition coefficient (Wildman–Crippen LogP) is 4.30. The molecule has 0 radical (unpaired) electrons. The summed E-state index contributed by atoms with van der Waals surface area (Å²) in [5, 5.41) is 0. The number of carbonyl (C=O) groups is 1. The van der Waals surface area contributed by atoms with Crippen molar-refractivity contribution in [1.29, 1.82) is 0 Å². The van der Waals surface area contributed by atoms with Crippen LogP contribution in [0.4, 0.5) is 0 Å². The second-order valence-electron chi connectivity index (χ2n) is 8.68. The van der Waals surface area contributed by atoms with E-state index in [-0.39, 0.29) is 12.0 Å². The Labute approximate surface area is 175 Å². The lowest BCUT2D eigenvalue weighted by Crippen LogP contribution is -2.49. The maximum atomic E-state index is 13.1. The van der Waals surface area contributed by atoms with Crippen molar-refractivity contribution in [3.63, 3.8) is 0 Å². The van der Waals surface area contributed by atoms with Gasteiger partial charge in [-0.1, -0.05) is 61.4 Å². The summed E-state index contributed by atoms with van der Waals surface area (Å²) in [5.74, 6) is 0.509. The first-order valence-electron chi connectivity index (χ1n) is 10.7. The average molecular weight is 395 g/mol. The van der Waals surface area contributed by atoms with Crippen molar-refractivity contribution in [2.75, 3.05) is 32.8 Å². The molecule has 0 bridgehead atoms. The molecule has 29 heavy (non-hydrogen) atoms. The zero-order valence-corrected chi connectivity index (χ0v) is 18.2. The number of hydrogen-bond donors (Lipinski definition) is 0. The van der Waals surface area contributed by atoms with E-state index >= 15 is 0 Å². The highest BCUT2D eigenvalue weighted by molar-refractivity contribution is 5.94. The summed E-state index contributed by atoms with van der Waals surface area (Å²) in [5.41, 5.74) is 4.53. The second kappa shape index (κ2) is 10.0. The minimum atomic E-state index is 0.0438. The van der Waals surface area contributed by atoms with Gasteiger partial charge in [-0.05, 0) is 37.5 Å². The standard InChI is InChI=1S/C25H34N2O2/c1-19(2)15-27(25(28)23-11-7-21(4)8-12-23)18-24-17-26(13-14-29-24)16-22-9-5-20(3)6-10-22/h5-12,19,24H,13-18H2,1-4H3/t24-/m0/s1. The number of aryl methyl sites for hydroxylation is 2. The van der Waals surface area contributed by atoms with E-state index in [9.17, 15) is 4.79 Å². The van der Waals surface area contributed by atoms with Crippen molar-refractivity contribution < 1.29 is 9.53 Å². The van der Waals surface area contributed by atoms with Crippen LogP contribution in [0.1, 0.15) is 40.9 Å². The molecule has 1 atom stereocenters. The van der Waals surface area contributed by atoms with Gasteiger partial charge in [0.25, 0.3) is 5.91 Å². The van der Waals surface area contributed by atoms with Crippen LogP contribution in [0.3, 0.4) is 0 Å². The molecule has 2 aromatic rings. The van der Waals surface area contributed by atoms with Crippen molar-refractivity contribution in [3.05, 3.63) is 70.8 Å². The summed E-state index contributed by atoms with van der Waals surface area (Å²) < 4.78 is 6.05. The van der Waals surface area contributed by atoms with Crippen LogP contribution < -0.4 is 0 Å². The quantitative estimate of drug-likeness (QED) is 0.702. The van der Waals surface area contributed by atoms with Gasteiger partial charge in [-0.3, -0.25) is 9.69 Å². The van der Waals surface area contributed by atoms with Gasteiger partial charge in [-0.2, -0.15) is 0 Å². The molecule has 1 heterocycles. The van der Waals surface area contributed by atoms with Crippen LogP contribution in [-0.4, -0.2) is 54.6 Å². The summed E-state index contributed by atoms with van der Waals surface area (Å²) in [4.78, 5) is 17.5. The van der Waals surface area contributed by atoms with Crippen LogP contribution in [0.25, 0.3) is 0 Å². The first-order chi connectivity index (χ1) is 13.9. The van der Waals surface area contributed by atoms with Gasteiger partial charge < -0.3 is 9.64 Å². The van der Waals surface area contributed by atoms with Gasteiger partial charge in [0.05, 0.1) is 12.7 Å². The Morgan fingerprint density at radius 1 is 1.07 bits per heavy atom. The van der Waals surface area contributed by atoms with Gasteiger partial charge in [0.15, 0.2) is 0 Å². The van der Waals surface area contributed by atoms with Gasteiger partial charge >= 0.3 is 0 Å². The SMILES string of the molecule is Cc1ccc(CN2CCO[C@H](CN(CC(C)C)C(=O)c3ccc(C)cc3)C2)cc1. The highest BCUT2D eigenvalue weighted by Gasteiger charge is 2.26. The fraction of sp³-hybridized carbons (Fsp3) is 0.480. The molecule has 156 valence electrons. The summed E-state index contributed by atoms with van der Waals surface area (Å²) in [7, 11) is 0. The van der Waals surface area contributed by atoms with E-state index in [0.29, 0.717) is 19.1 Å². The minimum Gasteiger partial charge on any atom is -0.374 e. The maximum Gasteiger partial charge on any atom is 0.253 e. The van der Waals surface area contributed by atoms with Gasteiger partial charge in [-0.25, -0.2) is 0 Å². The molecule has 0 spiro atoms. The summed E-state index contributed by atoms with van der Waals surface area (Å²) in [6.07, 6.45) is 0.0438. The number of rotatable bonds is 7. The number of carbonyl (C=O) groups excluding carboxylic acids is 1. The Morgan fingerprint density at radius 3 is 2.31 bits per heavy atom. The third-order valence-corrected chi connectivity index (χ3v) is 5.34. The number of amides is 1. The van der Waals surface area contributed by atoms with Crippen molar-refractivity contribution in [2.45, 2.75) is 40.3 Å². The van der Waals surface area contributed by atoms with Crippen LogP contribution >= 0.6 is 0 Å². The average Bonchev–Trinajstić information content (AvgIpc) is 2.69. The molecule has 0 aliphatic carbocycles. The van der Waals surface area contributed by atoms with Crippen molar-refractivity contribution in [2.24, 2.45) is 5.92 Å². The Morgan fingerprint density at radius 2 is 1.69 bits per heavy atom. The summed E-state index contributed by atoms with van der Waals surface area (Å²) >= 11 is 0. The molecule has 1 aliphatic rings. The first-order valence-corrected chi connectivity index (χ1v) is 10.7. The minimum absolute atomic E-state index is 0.0438. The normalized spacial score (nSPS) is 17.5. The molecular formula is C25H34N2O2. The Balaban J connectivity index is 1.64. The van der Waals surface area contributed by atoms with Crippen LogP contribution in [0.5, 0.6) is 0 Å². The highest BCUT2D eigenvalue weighted by atomic mass is 16.5. The molecule has 4 heteroatoms. The van der Waals surface area contributed by atoms with Crippen molar-refractivity contribution in [1.82, 2.24) is 9.80 Å². The van der Waals surface area contributed by atoms with Crippen LogP contribution in [0.2, 0.25) is 0 Å². The zero-order chi connectivity index (χ0) is 20.8. The zero-order valence-electron chi connectivity index (χ0n) is 18.2. The molecule has 1 fully saturated rings. The number of morpholine rings is 1.